The van der Waals surface area contributed by atoms with E-state index in [0.29, 0.717) is 19.3 Å². The van der Waals surface area contributed by atoms with Crippen LogP contribution in [0.25, 0.3) is 11.1 Å². The molecule has 3 rings (SSSR count). The summed E-state index contributed by atoms with van der Waals surface area (Å²) in [5.74, 6) is -3.46. The van der Waals surface area contributed by atoms with E-state index in [1.165, 1.54) is 7.05 Å². The monoisotopic (exact) mass is 581 g/mol. The van der Waals surface area contributed by atoms with E-state index in [0.717, 1.165) is 32.8 Å². The predicted octanol–water partition coefficient (Wildman–Crippen LogP) is 3.03. The minimum absolute atomic E-state index is 0.255. The number of rotatable bonds is 15. The number of hydrogen-bond donors (Lipinski definition) is 4. The molecule has 0 unspecified atom stereocenters. The van der Waals surface area contributed by atoms with Gasteiger partial charge in [-0.2, -0.15) is 0 Å². The third-order valence-corrected chi connectivity index (χ3v) is 8.50. The van der Waals surface area contributed by atoms with Crippen LogP contribution < -0.4 is 10.8 Å². The maximum Gasteiger partial charge on any atom is 0.248 e. The molecule has 2 amide bonds. The van der Waals surface area contributed by atoms with Crippen molar-refractivity contribution < 1.29 is 28.3 Å². The second-order valence-electron chi connectivity index (χ2n) is 10.3. The first-order valence-corrected chi connectivity index (χ1v) is 15.4. The summed E-state index contributed by atoms with van der Waals surface area (Å²) in [5.41, 5.74) is 5.77. The number of aliphatic hydroxyl groups is 1. The molecular weight excluding hydrogens is 542 g/mol. The number of hydroxylamine groups is 1. The van der Waals surface area contributed by atoms with Crippen LogP contribution in [0.15, 0.2) is 84.9 Å². The highest BCUT2D eigenvalue weighted by molar-refractivity contribution is 7.88. The van der Waals surface area contributed by atoms with Crippen LogP contribution in [-0.2, 0) is 32.5 Å². The molecule has 0 aliphatic carbocycles. The van der Waals surface area contributed by atoms with Gasteiger partial charge in [-0.1, -0.05) is 84.9 Å². The largest absolute Gasteiger partial charge is 0.394 e. The van der Waals surface area contributed by atoms with Crippen molar-refractivity contribution in [3.8, 4) is 11.1 Å². The van der Waals surface area contributed by atoms with Gasteiger partial charge in [0.15, 0.2) is 0 Å². The molecule has 0 aliphatic heterocycles. The van der Waals surface area contributed by atoms with Crippen molar-refractivity contribution in [1.82, 2.24) is 15.1 Å². The van der Waals surface area contributed by atoms with Crippen molar-refractivity contribution in [3.05, 3.63) is 96.1 Å². The maximum absolute atomic E-state index is 13.6. The number of sulfonamides is 1. The lowest BCUT2D eigenvalue weighted by atomic mass is 9.85. The van der Waals surface area contributed by atoms with Gasteiger partial charge < -0.3 is 10.4 Å². The fourth-order valence-electron chi connectivity index (χ4n) is 4.79. The van der Waals surface area contributed by atoms with Gasteiger partial charge in [-0.25, -0.2) is 18.2 Å². The van der Waals surface area contributed by atoms with Crippen molar-refractivity contribution in [2.75, 3.05) is 26.5 Å². The lowest BCUT2D eigenvalue weighted by Gasteiger charge is -2.29. The zero-order valence-corrected chi connectivity index (χ0v) is 24.3. The normalized spacial score (nSPS) is 13.8. The topological polar surface area (TPSA) is 136 Å². The Bertz CT molecular complexity index is 1350. The number of aryl methyl sites for hydroxylation is 1. The molecule has 0 heterocycles. The molecule has 0 saturated carbocycles. The molecule has 3 atom stereocenters. The first-order chi connectivity index (χ1) is 19.6. The van der Waals surface area contributed by atoms with Gasteiger partial charge in [0.05, 0.1) is 30.7 Å². The van der Waals surface area contributed by atoms with Crippen LogP contribution in [0.2, 0.25) is 0 Å². The van der Waals surface area contributed by atoms with Gasteiger partial charge >= 0.3 is 0 Å². The van der Waals surface area contributed by atoms with E-state index in [9.17, 15) is 28.3 Å². The van der Waals surface area contributed by atoms with Gasteiger partial charge in [-0.05, 0) is 47.9 Å². The van der Waals surface area contributed by atoms with E-state index in [4.69, 9.17) is 0 Å². The van der Waals surface area contributed by atoms with Gasteiger partial charge in [0.25, 0.3) is 0 Å². The van der Waals surface area contributed by atoms with Crippen molar-refractivity contribution in [2.45, 2.75) is 31.7 Å². The molecule has 3 aromatic carbocycles. The van der Waals surface area contributed by atoms with E-state index in [2.05, 4.69) is 5.32 Å². The van der Waals surface area contributed by atoms with Gasteiger partial charge in [-0.3, -0.25) is 14.8 Å². The molecule has 3 aromatic rings. The van der Waals surface area contributed by atoms with Crippen LogP contribution >= 0.6 is 0 Å². The molecule has 4 N–H and O–H groups in total. The summed E-state index contributed by atoms with van der Waals surface area (Å²) in [6, 6.07) is 26.9. The Labute approximate surface area is 242 Å². The van der Waals surface area contributed by atoms with E-state index in [-0.39, 0.29) is 19.6 Å². The Morgan fingerprint density at radius 3 is 1.98 bits per heavy atom. The summed E-state index contributed by atoms with van der Waals surface area (Å²) in [5, 5.41) is 22.3. The summed E-state index contributed by atoms with van der Waals surface area (Å²) >= 11 is 0. The smallest absolute Gasteiger partial charge is 0.248 e. The number of amides is 2. The van der Waals surface area contributed by atoms with E-state index < -0.39 is 39.7 Å². The molecule has 0 fully saturated rings. The Hall–Kier alpha value is -3.57. The first kappa shape index (κ1) is 32.0. The molecule has 0 bridgehead atoms. The molecule has 0 saturated heterocycles. The quantitative estimate of drug-likeness (QED) is 0.161. The van der Waals surface area contributed by atoms with Gasteiger partial charge in [0, 0.05) is 13.6 Å². The van der Waals surface area contributed by atoms with Crippen LogP contribution in [0.1, 0.15) is 24.0 Å². The Kier molecular flexibility index (Phi) is 12.0. The lowest BCUT2D eigenvalue weighted by Crippen LogP contribution is -2.49. The van der Waals surface area contributed by atoms with E-state index in [1.54, 1.807) is 5.48 Å². The zero-order valence-electron chi connectivity index (χ0n) is 23.4. The van der Waals surface area contributed by atoms with Crippen molar-refractivity contribution in [3.63, 3.8) is 0 Å². The van der Waals surface area contributed by atoms with Crippen LogP contribution in [-0.4, -0.2) is 67.3 Å². The fourth-order valence-corrected chi connectivity index (χ4v) is 5.22. The number of benzene rings is 3. The minimum atomic E-state index is -3.66. The highest BCUT2D eigenvalue weighted by atomic mass is 32.2. The second kappa shape index (κ2) is 15.4. The minimum Gasteiger partial charge on any atom is -0.394 e. The highest BCUT2D eigenvalue weighted by Crippen LogP contribution is 2.24. The predicted molar refractivity (Wildman–Crippen MR) is 158 cm³/mol. The SMILES string of the molecule is CN(C[C@H](C(=O)NO)[C@@H](CCCc1ccc(-c2ccccc2)cc1)C(=O)N[C@H](CO)Cc1ccccc1)S(C)(=O)=O. The molecule has 10 heteroatoms. The van der Waals surface area contributed by atoms with E-state index >= 15 is 0 Å². The number of nitrogens with one attached hydrogen (secondary N) is 2. The molecule has 9 nitrogen and oxygen atoms in total. The van der Waals surface area contributed by atoms with Crippen molar-refractivity contribution in [1.29, 1.82) is 0 Å². The van der Waals surface area contributed by atoms with Crippen LogP contribution in [0.5, 0.6) is 0 Å². The summed E-state index contributed by atoms with van der Waals surface area (Å²) in [6.45, 7) is -0.612. The van der Waals surface area contributed by atoms with E-state index in [1.807, 2.05) is 84.9 Å². The molecular formula is C31H39N3O6S. The summed E-state index contributed by atoms with van der Waals surface area (Å²) in [4.78, 5) is 26.3. The summed E-state index contributed by atoms with van der Waals surface area (Å²) < 4.78 is 25.2. The number of nitrogens with zero attached hydrogens (tertiary/aromatic N) is 1. The van der Waals surface area contributed by atoms with Crippen LogP contribution in [0, 0.1) is 11.8 Å². The highest BCUT2D eigenvalue weighted by Gasteiger charge is 2.36. The van der Waals surface area contributed by atoms with Gasteiger partial charge in [0.1, 0.15) is 0 Å². The average Bonchev–Trinajstić information content (AvgIpc) is 2.98. The fraction of sp³-hybridized carbons (Fsp3) is 0.355. The van der Waals surface area contributed by atoms with Crippen LogP contribution in [0.3, 0.4) is 0 Å². The maximum atomic E-state index is 13.6. The van der Waals surface area contributed by atoms with Crippen LogP contribution in [0.4, 0.5) is 0 Å². The van der Waals surface area contributed by atoms with Gasteiger partial charge in [-0.15, -0.1) is 0 Å². The standard InChI is InChI=1S/C31H39N3O6S/c1-34(41(2,39)40)21-29(31(37)33-38)28(30(36)32-27(22-35)20-24-10-5-3-6-11-24)15-9-12-23-16-18-26(19-17-23)25-13-7-4-8-14-25/h3-8,10-11,13-14,16-19,27-29,35,38H,9,12,15,20-22H2,1-2H3,(H,32,36)(H,33,37)/t27-,28+,29-/m0/s1. The Balaban J connectivity index is 1.77. The number of carbonyl (C=O) groups is 2. The molecule has 0 aliphatic rings. The van der Waals surface area contributed by atoms with Gasteiger partial charge in [0.2, 0.25) is 21.8 Å². The van der Waals surface area contributed by atoms with Crippen molar-refractivity contribution in [2.24, 2.45) is 11.8 Å². The summed E-state index contributed by atoms with van der Waals surface area (Å²) in [6.07, 6.45) is 2.80. The lowest BCUT2D eigenvalue weighted by molar-refractivity contribution is -0.141. The van der Waals surface area contributed by atoms with Crippen molar-refractivity contribution >= 4 is 21.8 Å². The number of aliphatic hydroxyl groups excluding tert-OH is 1. The summed E-state index contributed by atoms with van der Waals surface area (Å²) in [7, 11) is -2.34. The third-order valence-electron chi connectivity index (χ3n) is 7.22. The number of hydrogen-bond acceptors (Lipinski definition) is 6. The molecule has 41 heavy (non-hydrogen) atoms. The third kappa shape index (κ3) is 9.79. The number of carbonyl (C=O) groups excluding carboxylic acids is 2. The Morgan fingerprint density at radius 1 is 0.829 bits per heavy atom. The first-order valence-electron chi connectivity index (χ1n) is 13.6. The molecule has 0 radical (unpaired) electrons. The molecule has 0 aromatic heterocycles. The average molecular weight is 582 g/mol. The molecule has 0 spiro atoms. The molecule has 220 valence electrons. The second-order valence-corrected chi connectivity index (χ2v) is 12.4. The Morgan fingerprint density at radius 2 is 1.41 bits per heavy atom. The zero-order chi connectivity index (χ0) is 29.8.